The van der Waals surface area contributed by atoms with E-state index < -0.39 is 0 Å². The summed E-state index contributed by atoms with van der Waals surface area (Å²) < 4.78 is 1.60. The summed E-state index contributed by atoms with van der Waals surface area (Å²) in [6.07, 6.45) is 2.77. The Balaban J connectivity index is 1.88. The number of aryl methyl sites for hydroxylation is 1. The van der Waals surface area contributed by atoms with Crippen LogP contribution in [0.1, 0.15) is 24.6 Å². The zero-order valence-electron chi connectivity index (χ0n) is 12.6. The van der Waals surface area contributed by atoms with Crippen LogP contribution in [0.25, 0.3) is 5.65 Å². The molecule has 0 amide bonds. The molecular weight excluding hydrogens is 264 g/mol. The first kappa shape index (κ1) is 14.2. The van der Waals surface area contributed by atoms with Crippen LogP contribution in [0.5, 0.6) is 0 Å². The first-order valence-electron chi connectivity index (χ1n) is 7.50. The fraction of sp³-hybridized carbons (Fsp3) is 0.500. The largest absolute Gasteiger partial charge is 0.327 e. The summed E-state index contributed by atoms with van der Waals surface area (Å²) in [5.74, 6) is 0.488. The molecule has 2 atom stereocenters. The van der Waals surface area contributed by atoms with Crippen molar-refractivity contribution in [3.63, 3.8) is 0 Å². The van der Waals surface area contributed by atoms with Crippen molar-refractivity contribution in [1.29, 1.82) is 0 Å². The molecule has 0 spiro atoms. The normalized spacial score (nSPS) is 23.6. The van der Waals surface area contributed by atoms with E-state index in [1.807, 2.05) is 19.1 Å². The molecule has 2 N–H and O–H groups in total. The lowest BCUT2D eigenvalue weighted by molar-refractivity contribution is 0.156. The average molecular weight is 286 g/mol. The van der Waals surface area contributed by atoms with Gasteiger partial charge < -0.3 is 5.73 Å². The zero-order valence-corrected chi connectivity index (χ0v) is 12.6. The minimum Gasteiger partial charge on any atom is -0.327 e. The highest BCUT2D eigenvalue weighted by Crippen LogP contribution is 2.16. The zero-order chi connectivity index (χ0) is 15.0. The summed E-state index contributed by atoms with van der Waals surface area (Å²) in [7, 11) is 0. The van der Waals surface area contributed by atoms with Crippen LogP contribution in [0.15, 0.2) is 29.2 Å². The van der Waals surface area contributed by atoms with E-state index in [9.17, 15) is 4.79 Å². The third kappa shape index (κ3) is 2.84. The van der Waals surface area contributed by atoms with E-state index in [0.29, 0.717) is 12.0 Å². The van der Waals surface area contributed by atoms with Crippen molar-refractivity contribution in [3.8, 4) is 0 Å². The maximum Gasteiger partial charge on any atom is 0.258 e. The van der Waals surface area contributed by atoms with Crippen molar-refractivity contribution in [2.45, 2.75) is 32.9 Å². The van der Waals surface area contributed by atoms with Gasteiger partial charge in [0.05, 0.1) is 5.69 Å². The van der Waals surface area contributed by atoms with E-state index >= 15 is 0 Å². The molecule has 3 heterocycles. The van der Waals surface area contributed by atoms with Crippen LogP contribution in [-0.4, -0.2) is 33.4 Å². The van der Waals surface area contributed by atoms with Crippen LogP contribution < -0.4 is 11.3 Å². The SMILES string of the molecule is Cc1cccn2c(=O)cc(CN3CCC(N)C(C)C3)nc12. The molecule has 1 aliphatic heterocycles. The van der Waals surface area contributed by atoms with Gasteiger partial charge in [0.2, 0.25) is 0 Å². The van der Waals surface area contributed by atoms with Crippen molar-refractivity contribution < 1.29 is 0 Å². The Hall–Kier alpha value is -1.72. The molecule has 0 radical (unpaired) electrons. The number of fused-ring (bicyclic) bond motifs is 1. The highest BCUT2D eigenvalue weighted by molar-refractivity contribution is 5.46. The third-order valence-electron chi connectivity index (χ3n) is 4.38. The monoisotopic (exact) mass is 286 g/mol. The predicted octanol–water partition coefficient (Wildman–Crippen LogP) is 1.17. The molecule has 0 bridgehead atoms. The lowest BCUT2D eigenvalue weighted by Gasteiger charge is -2.34. The molecule has 5 nitrogen and oxygen atoms in total. The van der Waals surface area contributed by atoms with Crippen LogP contribution in [0.3, 0.4) is 0 Å². The van der Waals surface area contributed by atoms with Crippen LogP contribution >= 0.6 is 0 Å². The van der Waals surface area contributed by atoms with E-state index in [1.54, 1.807) is 16.7 Å². The molecule has 1 aliphatic rings. The Morgan fingerprint density at radius 3 is 3.05 bits per heavy atom. The maximum atomic E-state index is 12.2. The van der Waals surface area contributed by atoms with Gasteiger partial charge in [-0.25, -0.2) is 4.98 Å². The fourth-order valence-corrected chi connectivity index (χ4v) is 3.01. The summed E-state index contributed by atoms with van der Waals surface area (Å²) in [6.45, 7) is 6.82. The van der Waals surface area contributed by atoms with Gasteiger partial charge in [0.1, 0.15) is 5.65 Å². The van der Waals surface area contributed by atoms with Crippen LogP contribution in [0.2, 0.25) is 0 Å². The third-order valence-corrected chi connectivity index (χ3v) is 4.38. The summed E-state index contributed by atoms with van der Waals surface area (Å²) in [5, 5.41) is 0. The summed E-state index contributed by atoms with van der Waals surface area (Å²) in [6, 6.07) is 5.79. The van der Waals surface area contributed by atoms with Gasteiger partial charge in [0, 0.05) is 37.9 Å². The molecule has 1 fully saturated rings. The number of pyridine rings is 1. The van der Waals surface area contributed by atoms with Gasteiger partial charge in [-0.3, -0.25) is 14.1 Å². The van der Waals surface area contributed by atoms with Gasteiger partial charge in [-0.05, 0) is 30.9 Å². The first-order valence-corrected chi connectivity index (χ1v) is 7.50. The number of rotatable bonds is 2. The number of aromatic nitrogens is 2. The summed E-state index contributed by atoms with van der Waals surface area (Å²) in [5.41, 5.74) is 8.66. The smallest absolute Gasteiger partial charge is 0.258 e. The molecular formula is C16H22N4O. The van der Waals surface area contributed by atoms with E-state index in [2.05, 4.69) is 16.8 Å². The van der Waals surface area contributed by atoms with Crippen molar-refractivity contribution in [3.05, 3.63) is 46.0 Å². The second-order valence-corrected chi connectivity index (χ2v) is 6.14. The molecule has 3 rings (SSSR count). The van der Waals surface area contributed by atoms with E-state index in [-0.39, 0.29) is 5.56 Å². The highest BCUT2D eigenvalue weighted by Gasteiger charge is 2.23. The Labute approximate surface area is 124 Å². The second kappa shape index (κ2) is 5.58. The van der Waals surface area contributed by atoms with Crippen LogP contribution in [0.4, 0.5) is 0 Å². The maximum absolute atomic E-state index is 12.2. The van der Waals surface area contributed by atoms with Crippen molar-refractivity contribution in [2.24, 2.45) is 11.7 Å². The average Bonchev–Trinajstić information content (AvgIpc) is 2.44. The fourth-order valence-electron chi connectivity index (χ4n) is 3.01. The van der Waals surface area contributed by atoms with E-state index in [1.165, 1.54) is 0 Å². The predicted molar refractivity (Wildman–Crippen MR) is 83.2 cm³/mol. The number of likely N-dealkylation sites (tertiary alicyclic amines) is 1. The molecule has 5 heteroatoms. The molecule has 112 valence electrons. The van der Waals surface area contributed by atoms with E-state index in [0.717, 1.165) is 43.0 Å². The van der Waals surface area contributed by atoms with Gasteiger partial charge in [-0.15, -0.1) is 0 Å². The number of nitrogens with two attached hydrogens (primary N) is 1. The number of hydrogen-bond donors (Lipinski definition) is 1. The molecule has 2 aromatic rings. The molecule has 2 unspecified atom stereocenters. The summed E-state index contributed by atoms with van der Waals surface area (Å²) >= 11 is 0. The Bertz CT molecular complexity index is 709. The lowest BCUT2D eigenvalue weighted by Crippen LogP contribution is -2.45. The molecule has 0 aliphatic carbocycles. The molecule has 1 saturated heterocycles. The van der Waals surface area contributed by atoms with Gasteiger partial charge in [0.25, 0.3) is 5.56 Å². The lowest BCUT2D eigenvalue weighted by atomic mass is 9.95. The molecule has 0 aromatic carbocycles. The minimum absolute atomic E-state index is 0.0135. The van der Waals surface area contributed by atoms with Crippen LogP contribution in [-0.2, 0) is 6.54 Å². The Kier molecular flexibility index (Phi) is 3.78. The van der Waals surface area contributed by atoms with E-state index in [4.69, 9.17) is 5.73 Å². The molecule has 2 aromatic heterocycles. The first-order chi connectivity index (χ1) is 10.0. The quantitative estimate of drug-likeness (QED) is 0.900. The number of nitrogens with zero attached hydrogens (tertiary/aromatic N) is 3. The standard InChI is InChI=1S/C16H22N4O/c1-11-4-3-6-20-15(21)8-13(18-16(11)20)10-19-7-5-14(17)12(2)9-19/h3-4,6,8,12,14H,5,7,9-10,17H2,1-2H3. The molecule has 0 saturated carbocycles. The highest BCUT2D eigenvalue weighted by atomic mass is 16.1. The van der Waals surface area contributed by atoms with Gasteiger partial charge in [-0.1, -0.05) is 13.0 Å². The topological polar surface area (TPSA) is 63.6 Å². The van der Waals surface area contributed by atoms with Gasteiger partial charge in [-0.2, -0.15) is 0 Å². The van der Waals surface area contributed by atoms with Crippen molar-refractivity contribution in [2.75, 3.05) is 13.1 Å². The van der Waals surface area contributed by atoms with Crippen LogP contribution in [0, 0.1) is 12.8 Å². The van der Waals surface area contributed by atoms with Gasteiger partial charge in [0.15, 0.2) is 0 Å². The van der Waals surface area contributed by atoms with Crippen molar-refractivity contribution in [1.82, 2.24) is 14.3 Å². The molecule has 21 heavy (non-hydrogen) atoms. The Morgan fingerprint density at radius 1 is 1.48 bits per heavy atom. The number of piperidine rings is 1. The summed E-state index contributed by atoms with van der Waals surface area (Å²) in [4.78, 5) is 19.2. The minimum atomic E-state index is -0.0135. The Morgan fingerprint density at radius 2 is 2.29 bits per heavy atom. The van der Waals surface area contributed by atoms with Gasteiger partial charge >= 0.3 is 0 Å². The van der Waals surface area contributed by atoms with Crippen molar-refractivity contribution >= 4 is 5.65 Å². The second-order valence-electron chi connectivity index (χ2n) is 6.14. The number of hydrogen-bond acceptors (Lipinski definition) is 4.